The molecule has 5 amide bonds. The highest BCUT2D eigenvalue weighted by Gasteiger charge is 2.50. The molecule has 26 nitrogen and oxygen atoms in total. The molecule has 2 aliphatic heterocycles. The maximum atomic E-state index is 15.9. The first-order valence-electron chi connectivity index (χ1n) is 31.6. The number of rotatable bonds is 37. The molecule has 3 aliphatic rings. The van der Waals surface area contributed by atoms with E-state index in [0.717, 1.165) is 11.0 Å². The van der Waals surface area contributed by atoms with Crippen LogP contribution in [0.2, 0.25) is 0 Å². The summed E-state index contributed by atoms with van der Waals surface area (Å²) in [6.45, 7) is 12.4. The number of hydrogen-bond acceptors (Lipinski definition) is 20. The van der Waals surface area contributed by atoms with Crippen LogP contribution in [0.5, 0.6) is 0 Å². The van der Waals surface area contributed by atoms with Crippen molar-refractivity contribution in [2.45, 2.75) is 129 Å². The fraction of sp³-hybridized carbons (Fsp3) is 0.600. The van der Waals surface area contributed by atoms with Gasteiger partial charge in [-0.3, -0.25) is 24.1 Å². The number of esters is 1. The molecule has 7 rings (SSSR count). The molecule has 4 N–H and O–H groups in total. The van der Waals surface area contributed by atoms with Crippen LogP contribution in [0.4, 0.5) is 37.2 Å². The Morgan fingerprint density at radius 3 is 1.89 bits per heavy atom. The van der Waals surface area contributed by atoms with E-state index in [1.54, 1.807) is 27.9 Å². The van der Waals surface area contributed by atoms with Gasteiger partial charge in [0.2, 0.25) is 17.9 Å². The number of carbonyl (C=O) groups is 6. The standard InChI is InChI=1S/C65H86F5N7O19/c1-10-64(85)46-33-50-53-44(35-76(50)57(80)45(46)36-94-60(64)82)52-49(16-15-43-38(2)47(66)34-48(74-53)51(43)52)77(37-65(69,70)59(67)68)62(84)95-54(41-11-13-42(14-12-41)73-56(79)39(3)71-55(78)40(4)72-61(83)96-63(5,6)7)58(81)75(8)17-18-87-21-22-89-25-26-91-29-30-93-32-31-92-28-27-90-24-23-88-20-19-86-9/h11-14,33-34,39-40,49,54,59,85H,10,15-32,35-37H2,1-9H3,(H,71,78)(H,72,83)(H,73,79)/t39-,40-,49-,54?,64-/m0/s1. The molecular formula is C65H86F5N7O19. The van der Waals surface area contributed by atoms with Crippen LogP contribution in [0.1, 0.15) is 105 Å². The second-order valence-electron chi connectivity index (χ2n) is 24.1. The quantitative estimate of drug-likeness (QED) is 0.0149. The summed E-state index contributed by atoms with van der Waals surface area (Å²) in [5.41, 5.74) is -3.28. The monoisotopic (exact) mass is 1360 g/mol. The number of pyridine rings is 2. The number of alkyl halides is 4. The molecule has 2 aromatic carbocycles. The minimum atomic E-state index is -4.92. The molecule has 5 atom stereocenters. The number of carbonyl (C=O) groups excluding carboxylic acids is 6. The highest BCUT2D eigenvalue weighted by Crippen LogP contribution is 2.49. The van der Waals surface area contributed by atoms with Crippen molar-refractivity contribution in [2.75, 3.05) is 132 Å². The Kier molecular flexibility index (Phi) is 27.4. The number of methoxy groups -OCH3 is 1. The lowest BCUT2D eigenvalue weighted by molar-refractivity contribution is -0.172. The highest BCUT2D eigenvalue weighted by atomic mass is 19.3. The Balaban J connectivity index is 1.07. The number of nitrogens with one attached hydrogen (secondary N) is 3. The number of likely N-dealkylation sites (N-methyl/N-ethyl adjacent to an activating group) is 1. The Hall–Kier alpha value is -7.49. The van der Waals surface area contributed by atoms with E-state index in [-0.39, 0.29) is 127 Å². The van der Waals surface area contributed by atoms with Gasteiger partial charge in [-0.2, -0.15) is 8.78 Å². The number of aliphatic hydroxyl groups is 1. The average molecular weight is 1360 g/mol. The molecule has 4 heterocycles. The van der Waals surface area contributed by atoms with Crippen LogP contribution in [-0.2, 0) is 96.5 Å². The van der Waals surface area contributed by atoms with Crippen molar-refractivity contribution in [3.05, 3.63) is 91.5 Å². The van der Waals surface area contributed by atoms with E-state index in [4.69, 9.17) is 57.1 Å². The zero-order chi connectivity index (χ0) is 70.1. The first-order valence-corrected chi connectivity index (χ1v) is 31.6. The van der Waals surface area contributed by atoms with Crippen LogP contribution in [0, 0.1) is 12.7 Å². The minimum absolute atomic E-state index is 0.0122. The summed E-state index contributed by atoms with van der Waals surface area (Å²) >= 11 is 0. The highest BCUT2D eigenvalue weighted by molar-refractivity contribution is 5.98. The second-order valence-corrected chi connectivity index (χ2v) is 24.1. The molecule has 96 heavy (non-hydrogen) atoms. The summed E-state index contributed by atoms with van der Waals surface area (Å²) in [6, 6.07) is 3.71. The van der Waals surface area contributed by atoms with Gasteiger partial charge in [0.05, 0.1) is 141 Å². The number of aromatic nitrogens is 2. The van der Waals surface area contributed by atoms with Gasteiger partial charge < -0.3 is 82.6 Å². The van der Waals surface area contributed by atoms with Gasteiger partial charge in [0, 0.05) is 54.5 Å². The SMILES string of the molecule is CC[C@@]1(O)C(=O)OCc2c1cc1n(c2=O)Cc2c-1nc1cc(F)c(C)c3c1c2[C@@H](N(CC(F)(F)C(F)F)C(=O)OC(C(=O)N(C)CCOCCOCCOCCOCCOCCOCCOCCOC)c1ccc(NC(=O)[C@H](C)NC(=O)[C@H](C)NC(=O)OC(C)(C)C)cc1)CC3. The second kappa shape index (κ2) is 34.6. The van der Waals surface area contributed by atoms with Gasteiger partial charge in [0.1, 0.15) is 30.1 Å². The van der Waals surface area contributed by atoms with Crippen LogP contribution in [0.25, 0.3) is 22.3 Å². The summed E-state index contributed by atoms with van der Waals surface area (Å²) in [6.07, 6.45) is -9.48. The molecule has 0 radical (unpaired) electrons. The largest absolute Gasteiger partial charge is 0.458 e. The number of hydrogen-bond donors (Lipinski definition) is 4. The summed E-state index contributed by atoms with van der Waals surface area (Å²) < 4.78 is 138. The molecule has 2 aromatic heterocycles. The van der Waals surface area contributed by atoms with Crippen molar-refractivity contribution >= 4 is 52.5 Å². The number of cyclic esters (lactones) is 1. The molecule has 4 aromatic rings. The molecule has 0 saturated carbocycles. The molecule has 0 spiro atoms. The van der Waals surface area contributed by atoms with Crippen molar-refractivity contribution in [3.63, 3.8) is 0 Å². The lowest BCUT2D eigenvalue weighted by Crippen LogP contribution is -2.51. The van der Waals surface area contributed by atoms with Gasteiger partial charge in [-0.1, -0.05) is 19.1 Å². The van der Waals surface area contributed by atoms with Crippen molar-refractivity contribution in [1.29, 1.82) is 0 Å². The van der Waals surface area contributed by atoms with Gasteiger partial charge >= 0.3 is 30.5 Å². The predicted molar refractivity (Wildman–Crippen MR) is 334 cm³/mol. The number of halogens is 5. The fourth-order valence-electron chi connectivity index (χ4n) is 10.9. The first-order chi connectivity index (χ1) is 45.6. The maximum absolute atomic E-state index is 15.9. The zero-order valence-corrected chi connectivity index (χ0v) is 55.4. The van der Waals surface area contributed by atoms with Crippen molar-refractivity contribution in [2.24, 2.45) is 0 Å². The molecule has 0 bridgehead atoms. The predicted octanol–water partition coefficient (Wildman–Crippen LogP) is 6.17. The number of anilines is 1. The lowest BCUT2D eigenvalue weighted by atomic mass is 9.81. The topological polar surface area (TPSA) is 302 Å². The Labute approximate surface area is 551 Å². The van der Waals surface area contributed by atoms with Crippen molar-refractivity contribution in [1.82, 2.24) is 30.0 Å². The summed E-state index contributed by atoms with van der Waals surface area (Å²) in [5, 5.41) is 19.3. The number of aryl methyl sites for hydroxylation is 1. The third-order valence-corrected chi connectivity index (χ3v) is 16.1. The van der Waals surface area contributed by atoms with Crippen molar-refractivity contribution in [3.8, 4) is 11.4 Å². The van der Waals surface area contributed by atoms with E-state index in [2.05, 4.69) is 16.0 Å². The van der Waals surface area contributed by atoms with Gasteiger partial charge in [0.15, 0.2) is 5.60 Å². The molecule has 31 heteroatoms. The zero-order valence-electron chi connectivity index (χ0n) is 55.4. The molecule has 0 saturated heterocycles. The molecule has 1 unspecified atom stereocenters. The maximum Gasteiger partial charge on any atom is 0.411 e. The summed E-state index contributed by atoms with van der Waals surface area (Å²) in [5.74, 6) is -9.04. The van der Waals surface area contributed by atoms with Crippen LogP contribution in [0.3, 0.4) is 0 Å². The van der Waals surface area contributed by atoms with Crippen LogP contribution < -0.4 is 21.5 Å². The summed E-state index contributed by atoms with van der Waals surface area (Å²) in [7, 11) is 2.94. The van der Waals surface area contributed by atoms with E-state index in [0.29, 0.717) is 76.5 Å². The van der Waals surface area contributed by atoms with Gasteiger partial charge in [0.25, 0.3) is 11.5 Å². The van der Waals surface area contributed by atoms with Crippen LogP contribution >= 0.6 is 0 Å². The van der Waals surface area contributed by atoms with E-state index in [1.807, 2.05) is 0 Å². The summed E-state index contributed by atoms with van der Waals surface area (Å²) in [4.78, 5) is 102. The molecule has 0 fully saturated rings. The number of benzene rings is 2. The molecular weight excluding hydrogens is 1280 g/mol. The number of alkyl carbamates (subject to hydrolysis) is 1. The number of fused-ring (bicyclic) bond motifs is 5. The normalized spacial score (nSPS) is 16.6. The Morgan fingerprint density at radius 2 is 1.34 bits per heavy atom. The van der Waals surface area contributed by atoms with E-state index < -0.39 is 108 Å². The van der Waals surface area contributed by atoms with Gasteiger partial charge in [-0.15, -0.1) is 0 Å². The third-order valence-electron chi connectivity index (χ3n) is 16.1. The van der Waals surface area contributed by atoms with Crippen LogP contribution in [0.15, 0.2) is 41.2 Å². The minimum Gasteiger partial charge on any atom is -0.458 e. The third kappa shape index (κ3) is 19.4. The van der Waals surface area contributed by atoms with E-state index in [1.165, 1.54) is 69.6 Å². The number of nitrogens with zero attached hydrogens (tertiary/aromatic N) is 4. The number of amides is 5. The van der Waals surface area contributed by atoms with E-state index in [9.17, 15) is 42.7 Å². The molecule has 1 aliphatic carbocycles. The van der Waals surface area contributed by atoms with Gasteiger partial charge in [-0.05, 0) is 95.7 Å². The lowest BCUT2D eigenvalue weighted by Gasteiger charge is -2.38. The van der Waals surface area contributed by atoms with Crippen molar-refractivity contribution < 1.29 is 108 Å². The van der Waals surface area contributed by atoms with Crippen LogP contribution in [-0.4, -0.2) is 217 Å². The van der Waals surface area contributed by atoms with E-state index >= 15 is 18.0 Å². The first kappa shape index (κ1) is 75.9. The smallest absolute Gasteiger partial charge is 0.411 e. The van der Waals surface area contributed by atoms with Gasteiger partial charge in [-0.25, -0.2) is 32.5 Å². The number of ether oxygens (including phenoxy) is 11. The molecule has 530 valence electrons. The Morgan fingerprint density at radius 1 is 0.792 bits per heavy atom. The Bertz CT molecular complexity index is 3430. The average Bonchev–Trinajstić information content (AvgIpc) is 1.45. The fourth-order valence-corrected chi connectivity index (χ4v) is 10.9.